The molecule has 0 atom stereocenters. The predicted molar refractivity (Wildman–Crippen MR) is 80.6 cm³/mol. The molecule has 0 radical (unpaired) electrons. The number of hydrogen-bond acceptors (Lipinski definition) is 3. The second-order valence-corrected chi connectivity index (χ2v) is 5.65. The number of nitrogen functional groups attached to an aromatic ring is 1. The zero-order valence-electron chi connectivity index (χ0n) is 12.2. The van der Waals surface area contributed by atoms with Gasteiger partial charge in [-0.05, 0) is 48.9 Å². The molecule has 0 bridgehead atoms. The minimum Gasteiger partial charge on any atom is -0.493 e. The van der Waals surface area contributed by atoms with Crippen molar-refractivity contribution in [3.8, 4) is 5.75 Å². The lowest BCUT2D eigenvalue weighted by Gasteiger charge is -2.41. The first kappa shape index (κ1) is 14.7. The molecule has 20 heavy (non-hydrogen) atoms. The van der Waals surface area contributed by atoms with Gasteiger partial charge in [0.25, 0.3) is 0 Å². The number of anilines is 1. The van der Waals surface area contributed by atoms with Gasteiger partial charge in [0, 0.05) is 12.2 Å². The number of nitrogens with two attached hydrogens (primary N) is 1. The summed E-state index contributed by atoms with van der Waals surface area (Å²) in [6.07, 6.45) is 5.32. The SMILES string of the molecule is CCC1(CNC(=O)CCOc2ccc(N)cc2)CCC1. The van der Waals surface area contributed by atoms with Crippen molar-refractivity contribution in [3.05, 3.63) is 24.3 Å². The Kier molecular flexibility index (Phi) is 4.88. The van der Waals surface area contributed by atoms with Gasteiger partial charge in [-0.1, -0.05) is 13.3 Å². The highest BCUT2D eigenvalue weighted by Gasteiger charge is 2.34. The Morgan fingerprint density at radius 3 is 2.60 bits per heavy atom. The highest BCUT2D eigenvalue weighted by molar-refractivity contribution is 5.76. The first-order chi connectivity index (χ1) is 9.63. The number of nitrogens with one attached hydrogen (secondary N) is 1. The molecule has 1 aromatic rings. The number of ether oxygens (including phenoxy) is 1. The van der Waals surface area contributed by atoms with Gasteiger partial charge < -0.3 is 15.8 Å². The zero-order chi connectivity index (χ0) is 14.4. The quantitative estimate of drug-likeness (QED) is 0.753. The van der Waals surface area contributed by atoms with E-state index >= 15 is 0 Å². The Morgan fingerprint density at radius 2 is 2.05 bits per heavy atom. The van der Waals surface area contributed by atoms with Gasteiger partial charge in [-0.25, -0.2) is 0 Å². The van der Waals surface area contributed by atoms with E-state index in [0.29, 0.717) is 24.1 Å². The van der Waals surface area contributed by atoms with Crippen molar-refractivity contribution in [1.82, 2.24) is 5.32 Å². The number of rotatable bonds is 7. The second kappa shape index (κ2) is 6.64. The third-order valence-electron chi connectivity index (χ3n) is 4.30. The van der Waals surface area contributed by atoms with Crippen LogP contribution in [0.2, 0.25) is 0 Å². The third-order valence-corrected chi connectivity index (χ3v) is 4.30. The lowest BCUT2D eigenvalue weighted by molar-refractivity contribution is -0.122. The molecule has 0 aromatic heterocycles. The molecule has 1 aromatic carbocycles. The molecule has 0 unspecified atom stereocenters. The fraction of sp³-hybridized carbons (Fsp3) is 0.562. The molecule has 1 aliphatic rings. The highest BCUT2D eigenvalue weighted by atomic mass is 16.5. The standard InChI is InChI=1S/C16H24N2O2/c1-2-16(9-3-10-16)12-18-15(19)8-11-20-14-6-4-13(17)5-7-14/h4-7H,2-3,8-12,17H2,1H3,(H,18,19). The predicted octanol–water partition coefficient (Wildman–Crippen LogP) is 2.73. The van der Waals surface area contributed by atoms with Crippen LogP contribution in [0.5, 0.6) is 5.75 Å². The molecular formula is C16H24N2O2. The molecule has 0 saturated heterocycles. The second-order valence-electron chi connectivity index (χ2n) is 5.65. The van der Waals surface area contributed by atoms with Gasteiger partial charge in [0.15, 0.2) is 0 Å². The molecule has 4 nitrogen and oxygen atoms in total. The summed E-state index contributed by atoms with van der Waals surface area (Å²) in [5.74, 6) is 0.816. The van der Waals surface area contributed by atoms with Gasteiger partial charge in [-0.15, -0.1) is 0 Å². The molecule has 1 amide bonds. The number of carbonyl (C=O) groups is 1. The molecule has 0 spiro atoms. The molecule has 0 aliphatic heterocycles. The summed E-state index contributed by atoms with van der Waals surface area (Å²) in [6.45, 7) is 3.41. The van der Waals surface area contributed by atoms with Crippen LogP contribution in [0, 0.1) is 5.41 Å². The number of amides is 1. The highest BCUT2D eigenvalue weighted by Crippen LogP contribution is 2.42. The first-order valence-corrected chi connectivity index (χ1v) is 7.39. The van der Waals surface area contributed by atoms with Crippen molar-refractivity contribution in [2.45, 2.75) is 39.0 Å². The Hall–Kier alpha value is -1.71. The van der Waals surface area contributed by atoms with Gasteiger partial charge in [0.05, 0.1) is 13.0 Å². The van der Waals surface area contributed by atoms with Crippen LogP contribution >= 0.6 is 0 Å². The van der Waals surface area contributed by atoms with E-state index in [2.05, 4.69) is 12.2 Å². The summed E-state index contributed by atoms with van der Waals surface area (Å²) >= 11 is 0. The van der Waals surface area contributed by atoms with Crippen LogP contribution in [0.3, 0.4) is 0 Å². The number of carbonyl (C=O) groups excluding carboxylic acids is 1. The van der Waals surface area contributed by atoms with Crippen LogP contribution in [0.25, 0.3) is 0 Å². The van der Waals surface area contributed by atoms with Crippen LogP contribution < -0.4 is 15.8 Å². The average molecular weight is 276 g/mol. The smallest absolute Gasteiger partial charge is 0.223 e. The van der Waals surface area contributed by atoms with Crippen molar-refractivity contribution in [2.24, 2.45) is 5.41 Å². The van der Waals surface area contributed by atoms with E-state index in [1.165, 1.54) is 19.3 Å². The third kappa shape index (κ3) is 3.89. The summed E-state index contributed by atoms with van der Waals surface area (Å²) in [7, 11) is 0. The van der Waals surface area contributed by atoms with Crippen LogP contribution in [-0.4, -0.2) is 19.1 Å². The maximum Gasteiger partial charge on any atom is 0.223 e. The largest absolute Gasteiger partial charge is 0.493 e. The lowest BCUT2D eigenvalue weighted by Crippen LogP contribution is -2.41. The van der Waals surface area contributed by atoms with E-state index in [9.17, 15) is 4.79 Å². The summed E-state index contributed by atoms with van der Waals surface area (Å²) in [5, 5.41) is 3.03. The van der Waals surface area contributed by atoms with Crippen molar-refractivity contribution in [2.75, 3.05) is 18.9 Å². The molecule has 110 valence electrons. The van der Waals surface area contributed by atoms with E-state index in [1.807, 2.05) is 12.1 Å². The summed E-state index contributed by atoms with van der Waals surface area (Å²) in [4.78, 5) is 11.8. The van der Waals surface area contributed by atoms with E-state index in [4.69, 9.17) is 10.5 Å². The van der Waals surface area contributed by atoms with Crippen molar-refractivity contribution >= 4 is 11.6 Å². The molecule has 4 heteroatoms. The normalized spacial score (nSPS) is 16.2. The Morgan fingerprint density at radius 1 is 1.35 bits per heavy atom. The van der Waals surface area contributed by atoms with Crippen LogP contribution in [0.4, 0.5) is 5.69 Å². The first-order valence-electron chi connectivity index (χ1n) is 7.39. The minimum absolute atomic E-state index is 0.0696. The summed E-state index contributed by atoms with van der Waals surface area (Å²) < 4.78 is 5.51. The van der Waals surface area contributed by atoms with E-state index in [1.54, 1.807) is 12.1 Å². The van der Waals surface area contributed by atoms with E-state index < -0.39 is 0 Å². The van der Waals surface area contributed by atoms with Gasteiger partial charge in [0.2, 0.25) is 5.91 Å². The van der Waals surface area contributed by atoms with Crippen LogP contribution in [-0.2, 0) is 4.79 Å². The minimum atomic E-state index is 0.0696. The lowest BCUT2D eigenvalue weighted by atomic mass is 9.67. The average Bonchev–Trinajstić information content (AvgIpc) is 2.40. The van der Waals surface area contributed by atoms with Crippen molar-refractivity contribution in [1.29, 1.82) is 0 Å². The summed E-state index contributed by atoms with van der Waals surface area (Å²) in [5.41, 5.74) is 6.67. The van der Waals surface area contributed by atoms with E-state index in [0.717, 1.165) is 18.7 Å². The monoisotopic (exact) mass is 276 g/mol. The molecule has 3 N–H and O–H groups in total. The summed E-state index contributed by atoms with van der Waals surface area (Å²) in [6, 6.07) is 7.20. The molecule has 1 aliphatic carbocycles. The Labute approximate surface area is 120 Å². The number of benzene rings is 1. The molecule has 0 heterocycles. The van der Waals surface area contributed by atoms with Crippen LogP contribution in [0.15, 0.2) is 24.3 Å². The molecule has 1 saturated carbocycles. The molecular weight excluding hydrogens is 252 g/mol. The van der Waals surface area contributed by atoms with Gasteiger partial charge in [-0.3, -0.25) is 4.79 Å². The van der Waals surface area contributed by atoms with Gasteiger partial charge in [0.1, 0.15) is 5.75 Å². The van der Waals surface area contributed by atoms with Gasteiger partial charge in [-0.2, -0.15) is 0 Å². The number of hydrogen-bond donors (Lipinski definition) is 2. The zero-order valence-corrected chi connectivity index (χ0v) is 12.2. The van der Waals surface area contributed by atoms with Crippen LogP contribution in [0.1, 0.15) is 39.0 Å². The van der Waals surface area contributed by atoms with Gasteiger partial charge >= 0.3 is 0 Å². The Bertz CT molecular complexity index is 433. The Balaban J connectivity index is 1.64. The fourth-order valence-electron chi connectivity index (χ4n) is 2.53. The maximum absolute atomic E-state index is 11.8. The van der Waals surface area contributed by atoms with E-state index in [-0.39, 0.29) is 5.91 Å². The topological polar surface area (TPSA) is 64.3 Å². The van der Waals surface area contributed by atoms with Crippen molar-refractivity contribution < 1.29 is 9.53 Å². The molecule has 1 fully saturated rings. The van der Waals surface area contributed by atoms with Crippen molar-refractivity contribution in [3.63, 3.8) is 0 Å². The fourth-order valence-corrected chi connectivity index (χ4v) is 2.53. The molecule has 2 rings (SSSR count). The maximum atomic E-state index is 11.8.